The van der Waals surface area contributed by atoms with Gasteiger partial charge in [-0.3, -0.25) is 9.48 Å². The molecule has 0 bridgehead atoms. The molecule has 1 aromatic carbocycles. The first kappa shape index (κ1) is 17.9. The Balaban J connectivity index is 1.94. The number of aromatic nitrogens is 2. The molecular weight excluding hydrogens is 316 g/mol. The Kier molecular flexibility index (Phi) is 5.89. The van der Waals surface area contributed by atoms with Crippen molar-refractivity contribution >= 4 is 5.91 Å². The van der Waals surface area contributed by atoms with E-state index in [4.69, 9.17) is 0 Å². The van der Waals surface area contributed by atoms with Gasteiger partial charge in [-0.1, -0.05) is 18.2 Å². The zero-order valence-corrected chi connectivity index (χ0v) is 13.9. The van der Waals surface area contributed by atoms with Crippen LogP contribution in [0.2, 0.25) is 0 Å². The second-order valence-corrected chi connectivity index (χ2v) is 5.74. The number of carbonyl (C=O) groups is 1. The second kappa shape index (κ2) is 7.90. The lowest BCUT2D eigenvalue weighted by Crippen LogP contribution is -2.37. The summed E-state index contributed by atoms with van der Waals surface area (Å²) in [6.07, 6.45) is -0.0235. The van der Waals surface area contributed by atoms with Crippen LogP contribution in [0.15, 0.2) is 30.3 Å². The minimum atomic E-state index is -2.92. The summed E-state index contributed by atoms with van der Waals surface area (Å²) < 4.78 is 31.1. The van der Waals surface area contributed by atoms with Crippen LogP contribution in [0, 0.1) is 13.8 Å². The molecule has 0 aliphatic rings. The number of nitrogens with one attached hydrogen (secondary N) is 1. The van der Waals surface area contributed by atoms with E-state index in [-0.39, 0.29) is 24.1 Å². The molecule has 1 amide bonds. The maximum atomic E-state index is 12.4. The summed E-state index contributed by atoms with van der Waals surface area (Å²) in [5.41, 5.74) is 2.36. The van der Waals surface area contributed by atoms with E-state index in [1.807, 2.05) is 31.5 Å². The molecule has 1 N–H and O–H groups in total. The highest BCUT2D eigenvalue weighted by Crippen LogP contribution is 2.20. The molecule has 0 fully saturated rings. The van der Waals surface area contributed by atoms with Gasteiger partial charge in [-0.15, -0.1) is 0 Å². The molecule has 7 heteroatoms. The van der Waals surface area contributed by atoms with Gasteiger partial charge in [0.05, 0.1) is 18.7 Å². The molecule has 130 valence electrons. The summed E-state index contributed by atoms with van der Waals surface area (Å²) in [4.78, 5) is 12.2. The smallest absolute Gasteiger partial charge is 0.387 e. The fourth-order valence-electron chi connectivity index (χ4n) is 2.52. The molecule has 0 aliphatic carbocycles. The van der Waals surface area contributed by atoms with Gasteiger partial charge in [0.15, 0.2) is 0 Å². The third-order valence-corrected chi connectivity index (χ3v) is 3.50. The summed E-state index contributed by atoms with van der Waals surface area (Å²) in [5, 5.41) is 7.20. The lowest BCUT2D eigenvalue weighted by Gasteiger charge is -2.16. The van der Waals surface area contributed by atoms with Crippen LogP contribution in [0.1, 0.15) is 23.9 Å². The third-order valence-electron chi connectivity index (χ3n) is 3.50. The van der Waals surface area contributed by atoms with Crippen LogP contribution in [0.5, 0.6) is 5.75 Å². The molecule has 2 aromatic rings. The highest BCUT2D eigenvalue weighted by atomic mass is 19.3. The first-order chi connectivity index (χ1) is 11.3. The van der Waals surface area contributed by atoms with Crippen molar-refractivity contribution in [2.24, 2.45) is 0 Å². The fourth-order valence-corrected chi connectivity index (χ4v) is 2.52. The molecule has 1 atom stereocenters. The van der Waals surface area contributed by atoms with Gasteiger partial charge in [0.1, 0.15) is 5.75 Å². The van der Waals surface area contributed by atoms with E-state index in [1.165, 1.54) is 6.07 Å². The Morgan fingerprint density at radius 3 is 2.67 bits per heavy atom. The maximum absolute atomic E-state index is 12.4. The zero-order chi connectivity index (χ0) is 17.7. The Bertz CT molecular complexity index is 701. The molecule has 1 heterocycles. The summed E-state index contributed by atoms with van der Waals surface area (Å²) in [6.45, 7) is 3.36. The number of halogens is 2. The average Bonchev–Trinajstić information content (AvgIpc) is 2.78. The number of ether oxygens (including phenoxy) is 1. The lowest BCUT2D eigenvalue weighted by atomic mass is 10.1. The van der Waals surface area contributed by atoms with E-state index < -0.39 is 6.61 Å². The van der Waals surface area contributed by atoms with E-state index in [9.17, 15) is 13.6 Å². The SMILES string of the molecule is Cc1cc(C)n(C[C@@H](C)NC(=O)Cc2ccccc2OC(F)F)n1. The Labute approximate surface area is 139 Å². The first-order valence-electron chi connectivity index (χ1n) is 7.68. The minimum absolute atomic E-state index is 0.0221. The molecule has 0 saturated carbocycles. The third kappa shape index (κ3) is 5.04. The highest BCUT2D eigenvalue weighted by molar-refractivity contribution is 5.79. The van der Waals surface area contributed by atoms with E-state index in [0.717, 1.165) is 11.4 Å². The predicted octanol–water partition coefficient (Wildman–Crippen LogP) is 2.85. The van der Waals surface area contributed by atoms with Crippen LogP contribution >= 0.6 is 0 Å². The van der Waals surface area contributed by atoms with Crippen molar-refractivity contribution in [2.45, 2.75) is 46.4 Å². The maximum Gasteiger partial charge on any atom is 0.387 e. The molecule has 0 unspecified atom stereocenters. The van der Waals surface area contributed by atoms with E-state index in [2.05, 4.69) is 15.2 Å². The summed E-state index contributed by atoms with van der Waals surface area (Å²) in [6, 6.07) is 8.12. The van der Waals surface area contributed by atoms with Gasteiger partial charge < -0.3 is 10.1 Å². The molecule has 0 aliphatic heterocycles. The molecular formula is C17H21F2N3O2. The van der Waals surface area contributed by atoms with E-state index in [1.54, 1.807) is 18.2 Å². The van der Waals surface area contributed by atoms with Crippen molar-refractivity contribution < 1.29 is 18.3 Å². The monoisotopic (exact) mass is 337 g/mol. The number of amides is 1. The molecule has 1 aromatic heterocycles. The Morgan fingerprint density at radius 2 is 2.04 bits per heavy atom. The number of rotatable bonds is 7. The highest BCUT2D eigenvalue weighted by Gasteiger charge is 2.14. The molecule has 2 rings (SSSR count). The van der Waals surface area contributed by atoms with Gasteiger partial charge in [-0.25, -0.2) is 0 Å². The number of aryl methyl sites for hydroxylation is 2. The number of hydrogen-bond donors (Lipinski definition) is 1. The van der Waals surface area contributed by atoms with Crippen LogP contribution in [0.3, 0.4) is 0 Å². The van der Waals surface area contributed by atoms with Crippen LogP contribution in [0.25, 0.3) is 0 Å². The van der Waals surface area contributed by atoms with Gasteiger partial charge in [0, 0.05) is 17.3 Å². The van der Waals surface area contributed by atoms with Crippen LogP contribution in [-0.2, 0) is 17.8 Å². The van der Waals surface area contributed by atoms with Gasteiger partial charge in [-0.05, 0) is 32.9 Å². The van der Waals surface area contributed by atoms with Crippen LogP contribution in [-0.4, -0.2) is 28.3 Å². The van der Waals surface area contributed by atoms with Gasteiger partial charge in [0.2, 0.25) is 5.91 Å². The standard InChI is InChI=1S/C17H21F2N3O2/c1-11-8-13(3)22(21-11)10-12(2)20-16(23)9-14-6-4-5-7-15(14)24-17(18)19/h4-8,12,17H,9-10H2,1-3H3,(H,20,23)/t12-/m1/s1. The number of alkyl halides is 2. The van der Waals surface area contributed by atoms with E-state index in [0.29, 0.717) is 12.1 Å². The van der Waals surface area contributed by atoms with Crippen molar-refractivity contribution in [3.05, 3.63) is 47.3 Å². The van der Waals surface area contributed by atoms with Crippen molar-refractivity contribution in [3.63, 3.8) is 0 Å². The number of benzene rings is 1. The van der Waals surface area contributed by atoms with Crippen molar-refractivity contribution in [1.82, 2.24) is 15.1 Å². The average molecular weight is 337 g/mol. The van der Waals surface area contributed by atoms with Crippen molar-refractivity contribution in [1.29, 1.82) is 0 Å². The summed E-state index contributed by atoms with van der Waals surface area (Å²) in [7, 11) is 0. The van der Waals surface area contributed by atoms with Gasteiger partial charge in [0.25, 0.3) is 0 Å². The van der Waals surface area contributed by atoms with E-state index >= 15 is 0 Å². The fraction of sp³-hybridized carbons (Fsp3) is 0.412. The normalized spacial score (nSPS) is 12.2. The first-order valence-corrected chi connectivity index (χ1v) is 7.68. The van der Waals surface area contributed by atoms with Crippen molar-refractivity contribution in [2.75, 3.05) is 0 Å². The topological polar surface area (TPSA) is 56.2 Å². The predicted molar refractivity (Wildman–Crippen MR) is 86.1 cm³/mol. The lowest BCUT2D eigenvalue weighted by molar-refractivity contribution is -0.121. The molecule has 5 nitrogen and oxygen atoms in total. The summed E-state index contributed by atoms with van der Waals surface area (Å²) in [5.74, 6) is -0.233. The number of para-hydroxylation sites is 1. The largest absolute Gasteiger partial charge is 0.435 e. The minimum Gasteiger partial charge on any atom is -0.435 e. The Hall–Kier alpha value is -2.44. The molecule has 24 heavy (non-hydrogen) atoms. The molecule has 0 saturated heterocycles. The Morgan fingerprint density at radius 1 is 1.33 bits per heavy atom. The van der Waals surface area contributed by atoms with Gasteiger partial charge in [-0.2, -0.15) is 13.9 Å². The molecule has 0 spiro atoms. The zero-order valence-electron chi connectivity index (χ0n) is 13.9. The van der Waals surface area contributed by atoms with Crippen LogP contribution < -0.4 is 10.1 Å². The number of hydrogen-bond acceptors (Lipinski definition) is 3. The second-order valence-electron chi connectivity index (χ2n) is 5.74. The molecule has 0 radical (unpaired) electrons. The number of carbonyl (C=O) groups excluding carboxylic acids is 1. The van der Waals surface area contributed by atoms with Crippen LogP contribution in [0.4, 0.5) is 8.78 Å². The van der Waals surface area contributed by atoms with Crippen molar-refractivity contribution in [3.8, 4) is 5.75 Å². The number of nitrogens with zero attached hydrogens (tertiary/aromatic N) is 2. The summed E-state index contributed by atoms with van der Waals surface area (Å²) >= 11 is 0. The van der Waals surface area contributed by atoms with Gasteiger partial charge >= 0.3 is 6.61 Å². The quantitative estimate of drug-likeness (QED) is 0.845.